The smallest absolute Gasteiger partial charge is 0.325 e. The van der Waals surface area contributed by atoms with Gasteiger partial charge in [-0.1, -0.05) is 13.8 Å². The monoisotopic (exact) mass is 447 g/mol. The fourth-order valence-corrected chi connectivity index (χ4v) is 2.84. The summed E-state index contributed by atoms with van der Waals surface area (Å²) in [6.45, 7) is 4.71. The van der Waals surface area contributed by atoms with E-state index in [0.717, 1.165) is 0 Å². The van der Waals surface area contributed by atoms with Gasteiger partial charge in [-0.25, -0.2) is 0 Å². The van der Waals surface area contributed by atoms with Crippen molar-refractivity contribution in [3.63, 3.8) is 0 Å². The SMILES string of the molecule is CSCCC(NC(=O)C(N)CCC(N)=O)C(=O)NC(C(=O)NC(C)C(=O)O)C(C)C. The molecule has 0 rings (SSSR count). The van der Waals surface area contributed by atoms with Crippen molar-refractivity contribution in [3.8, 4) is 0 Å². The van der Waals surface area contributed by atoms with Crippen LogP contribution in [0.2, 0.25) is 0 Å². The zero-order valence-electron chi connectivity index (χ0n) is 17.8. The van der Waals surface area contributed by atoms with Crippen LogP contribution in [0.5, 0.6) is 0 Å². The molecule has 0 aliphatic carbocycles. The molecule has 0 heterocycles. The van der Waals surface area contributed by atoms with Crippen LogP contribution in [0.25, 0.3) is 0 Å². The first-order valence-corrected chi connectivity index (χ1v) is 11.0. The van der Waals surface area contributed by atoms with Gasteiger partial charge < -0.3 is 32.5 Å². The maximum Gasteiger partial charge on any atom is 0.325 e. The molecule has 0 aliphatic rings. The molecule has 0 radical (unpaired) electrons. The van der Waals surface area contributed by atoms with E-state index in [9.17, 15) is 24.0 Å². The molecular weight excluding hydrogens is 414 g/mol. The zero-order chi connectivity index (χ0) is 23.4. The normalized spacial score (nSPS) is 14.9. The van der Waals surface area contributed by atoms with Gasteiger partial charge in [0.05, 0.1) is 6.04 Å². The molecule has 11 nitrogen and oxygen atoms in total. The third-order valence-corrected chi connectivity index (χ3v) is 4.90. The van der Waals surface area contributed by atoms with E-state index in [1.165, 1.54) is 18.7 Å². The Morgan fingerprint density at radius 1 is 0.933 bits per heavy atom. The van der Waals surface area contributed by atoms with Crippen LogP contribution >= 0.6 is 11.8 Å². The lowest BCUT2D eigenvalue weighted by atomic mass is 10.0. The summed E-state index contributed by atoms with van der Waals surface area (Å²) in [6.07, 6.45) is 2.11. The van der Waals surface area contributed by atoms with E-state index in [1.807, 2.05) is 6.26 Å². The van der Waals surface area contributed by atoms with Crippen molar-refractivity contribution in [1.29, 1.82) is 0 Å². The fourth-order valence-electron chi connectivity index (χ4n) is 2.37. The molecule has 8 N–H and O–H groups in total. The number of thioether (sulfide) groups is 1. The summed E-state index contributed by atoms with van der Waals surface area (Å²) < 4.78 is 0. The highest BCUT2D eigenvalue weighted by molar-refractivity contribution is 7.98. The van der Waals surface area contributed by atoms with Crippen molar-refractivity contribution < 1.29 is 29.1 Å². The summed E-state index contributed by atoms with van der Waals surface area (Å²) in [5.41, 5.74) is 10.8. The van der Waals surface area contributed by atoms with Crippen LogP contribution in [0.15, 0.2) is 0 Å². The average molecular weight is 448 g/mol. The van der Waals surface area contributed by atoms with Gasteiger partial charge in [0.15, 0.2) is 0 Å². The van der Waals surface area contributed by atoms with E-state index in [4.69, 9.17) is 16.6 Å². The molecular formula is C18H33N5O6S. The molecule has 0 aromatic rings. The number of hydrogen-bond acceptors (Lipinski definition) is 7. The minimum absolute atomic E-state index is 0.0438. The molecule has 4 unspecified atom stereocenters. The zero-order valence-corrected chi connectivity index (χ0v) is 18.6. The van der Waals surface area contributed by atoms with Gasteiger partial charge in [0, 0.05) is 6.42 Å². The predicted octanol–water partition coefficient (Wildman–Crippen LogP) is -1.45. The Labute approximate surface area is 180 Å². The Bertz CT molecular complexity index is 630. The number of carboxylic acid groups (broad SMARTS) is 1. The van der Waals surface area contributed by atoms with E-state index in [-0.39, 0.29) is 18.8 Å². The maximum atomic E-state index is 12.8. The van der Waals surface area contributed by atoms with Crippen LogP contribution in [0.3, 0.4) is 0 Å². The quantitative estimate of drug-likeness (QED) is 0.186. The van der Waals surface area contributed by atoms with Gasteiger partial charge in [-0.15, -0.1) is 0 Å². The Hall–Kier alpha value is -2.34. The third kappa shape index (κ3) is 10.4. The molecule has 0 saturated carbocycles. The average Bonchev–Trinajstić information content (AvgIpc) is 2.66. The molecule has 0 aromatic heterocycles. The lowest BCUT2D eigenvalue weighted by Gasteiger charge is -2.26. The van der Waals surface area contributed by atoms with Gasteiger partial charge in [0.25, 0.3) is 0 Å². The Morgan fingerprint density at radius 2 is 1.53 bits per heavy atom. The minimum atomic E-state index is -1.20. The van der Waals surface area contributed by atoms with E-state index in [0.29, 0.717) is 12.2 Å². The van der Waals surface area contributed by atoms with Crippen LogP contribution in [0.4, 0.5) is 0 Å². The van der Waals surface area contributed by atoms with Crippen molar-refractivity contribution in [2.75, 3.05) is 12.0 Å². The second-order valence-electron chi connectivity index (χ2n) is 7.25. The minimum Gasteiger partial charge on any atom is -0.480 e. The number of amides is 4. The number of carboxylic acids is 1. The summed E-state index contributed by atoms with van der Waals surface area (Å²) in [5, 5.41) is 16.4. The standard InChI is InChI=1S/C18H33N5O6S/c1-9(2)14(17(27)21-10(3)18(28)29)23-16(26)12(7-8-30-4)22-15(25)11(19)5-6-13(20)24/h9-12,14H,5-8,19H2,1-4H3,(H2,20,24)(H,21,27)(H,22,25)(H,23,26)(H,28,29). The number of nitrogens with two attached hydrogens (primary N) is 2. The van der Waals surface area contributed by atoms with Crippen LogP contribution in [0, 0.1) is 5.92 Å². The fraction of sp³-hybridized carbons (Fsp3) is 0.722. The van der Waals surface area contributed by atoms with Crippen LogP contribution < -0.4 is 27.4 Å². The molecule has 0 fully saturated rings. The highest BCUT2D eigenvalue weighted by Crippen LogP contribution is 2.07. The summed E-state index contributed by atoms with van der Waals surface area (Å²) in [6, 6.07) is -4.07. The summed E-state index contributed by atoms with van der Waals surface area (Å²) >= 11 is 1.47. The van der Waals surface area contributed by atoms with Gasteiger partial charge in [0.2, 0.25) is 23.6 Å². The topological polar surface area (TPSA) is 194 Å². The first kappa shape index (κ1) is 27.7. The molecule has 4 amide bonds. The van der Waals surface area contributed by atoms with Crippen LogP contribution in [0.1, 0.15) is 40.0 Å². The predicted molar refractivity (Wildman–Crippen MR) is 113 cm³/mol. The second-order valence-corrected chi connectivity index (χ2v) is 8.24. The number of nitrogens with one attached hydrogen (secondary N) is 3. The summed E-state index contributed by atoms with van der Waals surface area (Å²) in [5.74, 6) is -3.39. The van der Waals surface area contributed by atoms with Crippen molar-refractivity contribution in [2.45, 2.75) is 64.2 Å². The lowest BCUT2D eigenvalue weighted by molar-refractivity contribution is -0.142. The van der Waals surface area contributed by atoms with Crippen molar-refractivity contribution in [3.05, 3.63) is 0 Å². The van der Waals surface area contributed by atoms with E-state index >= 15 is 0 Å². The van der Waals surface area contributed by atoms with Crippen molar-refractivity contribution in [1.82, 2.24) is 16.0 Å². The molecule has 12 heteroatoms. The highest BCUT2D eigenvalue weighted by Gasteiger charge is 2.30. The molecule has 30 heavy (non-hydrogen) atoms. The Morgan fingerprint density at radius 3 is 2.00 bits per heavy atom. The number of carbonyl (C=O) groups excluding carboxylic acids is 4. The first-order chi connectivity index (χ1) is 13.9. The second kappa shape index (κ2) is 13.8. The van der Waals surface area contributed by atoms with Gasteiger partial charge in [-0.05, 0) is 37.7 Å². The number of hydrogen-bond donors (Lipinski definition) is 6. The van der Waals surface area contributed by atoms with Crippen LogP contribution in [-0.2, 0) is 24.0 Å². The van der Waals surface area contributed by atoms with Crippen molar-refractivity contribution >= 4 is 41.4 Å². The van der Waals surface area contributed by atoms with Gasteiger partial charge >= 0.3 is 5.97 Å². The van der Waals surface area contributed by atoms with Crippen LogP contribution in [-0.4, -0.2) is 70.9 Å². The first-order valence-electron chi connectivity index (χ1n) is 9.57. The molecule has 0 aromatic carbocycles. The van der Waals surface area contributed by atoms with E-state index in [2.05, 4.69) is 16.0 Å². The van der Waals surface area contributed by atoms with Crippen molar-refractivity contribution in [2.24, 2.45) is 17.4 Å². The van der Waals surface area contributed by atoms with Gasteiger partial charge in [-0.2, -0.15) is 11.8 Å². The number of rotatable bonds is 14. The largest absolute Gasteiger partial charge is 0.480 e. The molecule has 0 spiro atoms. The Kier molecular flexibility index (Phi) is 12.7. The molecule has 172 valence electrons. The molecule has 0 bridgehead atoms. The molecule has 0 saturated heterocycles. The summed E-state index contributed by atoms with van der Waals surface area (Å²) in [4.78, 5) is 59.3. The van der Waals surface area contributed by atoms with Gasteiger partial charge in [-0.3, -0.25) is 24.0 Å². The molecule has 0 aliphatic heterocycles. The number of aliphatic carboxylic acids is 1. The summed E-state index contributed by atoms with van der Waals surface area (Å²) in [7, 11) is 0. The Balaban J connectivity index is 5.20. The van der Waals surface area contributed by atoms with E-state index in [1.54, 1.807) is 13.8 Å². The maximum absolute atomic E-state index is 12.8. The number of carbonyl (C=O) groups is 5. The van der Waals surface area contributed by atoms with Gasteiger partial charge in [0.1, 0.15) is 18.1 Å². The molecule has 4 atom stereocenters. The number of primary amides is 1. The highest BCUT2D eigenvalue weighted by atomic mass is 32.2. The lowest BCUT2D eigenvalue weighted by Crippen LogP contribution is -2.58. The van der Waals surface area contributed by atoms with E-state index < -0.39 is 53.8 Å². The third-order valence-electron chi connectivity index (χ3n) is 4.26.